The minimum absolute atomic E-state index is 0.0230. The maximum absolute atomic E-state index is 12.9. The Labute approximate surface area is 119 Å². The van der Waals surface area contributed by atoms with Crippen molar-refractivity contribution in [3.63, 3.8) is 0 Å². The van der Waals surface area contributed by atoms with Crippen LogP contribution in [0.3, 0.4) is 0 Å². The van der Waals surface area contributed by atoms with Crippen LogP contribution in [0.25, 0.3) is 0 Å². The Hall–Kier alpha value is -1.86. The molecule has 21 heavy (non-hydrogen) atoms. The van der Waals surface area contributed by atoms with E-state index in [1.165, 1.54) is 13.1 Å². The van der Waals surface area contributed by atoms with Crippen molar-refractivity contribution in [3.8, 4) is 0 Å². The fourth-order valence-corrected chi connectivity index (χ4v) is 2.56. The van der Waals surface area contributed by atoms with Gasteiger partial charge in [-0.3, -0.25) is 9.59 Å². The zero-order valence-corrected chi connectivity index (χ0v) is 11.5. The zero-order valence-electron chi connectivity index (χ0n) is 11.5. The van der Waals surface area contributed by atoms with Crippen molar-refractivity contribution in [1.29, 1.82) is 0 Å². The molecule has 0 aromatic carbocycles. The Bertz CT molecular complexity index is 583. The van der Waals surface area contributed by atoms with E-state index < -0.39 is 29.6 Å². The monoisotopic (exact) mass is 303 g/mol. The first-order valence-electron chi connectivity index (χ1n) is 6.71. The lowest BCUT2D eigenvalue weighted by molar-refractivity contribution is -0.187. The lowest BCUT2D eigenvalue weighted by Gasteiger charge is -2.33. The molecule has 8 heteroatoms. The molecule has 5 nitrogen and oxygen atoms in total. The molecule has 116 valence electrons. The summed E-state index contributed by atoms with van der Waals surface area (Å²) in [6, 6.07) is 1.43. The maximum atomic E-state index is 12.9. The number of halogens is 3. The van der Waals surface area contributed by atoms with Crippen molar-refractivity contribution >= 4 is 5.91 Å². The van der Waals surface area contributed by atoms with Crippen LogP contribution in [0.5, 0.6) is 0 Å². The molecule has 2 rings (SSSR count). The number of hydrogen-bond donors (Lipinski definition) is 1. The Balaban J connectivity index is 2.13. The molecular weight excluding hydrogens is 287 g/mol. The van der Waals surface area contributed by atoms with Crippen LogP contribution < -0.4 is 10.9 Å². The van der Waals surface area contributed by atoms with Crippen LogP contribution >= 0.6 is 0 Å². The molecule has 0 saturated heterocycles. The summed E-state index contributed by atoms with van der Waals surface area (Å²) in [6.45, 7) is 0. The molecule has 1 aromatic heterocycles. The van der Waals surface area contributed by atoms with E-state index in [9.17, 15) is 22.8 Å². The van der Waals surface area contributed by atoms with Crippen molar-refractivity contribution in [2.75, 3.05) is 0 Å². The molecule has 1 amide bonds. The first kappa shape index (κ1) is 15.5. The summed E-state index contributed by atoms with van der Waals surface area (Å²) >= 11 is 0. The molecule has 2 unspecified atom stereocenters. The average Bonchev–Trinajstić information content (AvgIpc) is 2.41. The Kier molecular flexibility index (Phi) is 4.34. The van der Waals surface area contributed by atoms with Gasteiger partial charge in [0.25, 0.3) is 11.5 Å². The third kappa shape index (κ3) is 3.62. The van der Waals surface area contributed by atoms with Gasteiger partial charge in [-0.25, -0.2) is 4.68 Å². The minimum Gasteiger partial charge on any atom is -0.347 e. The summed E-state index contributed by atoms with van der Waals surface area (Å²) in [4.78, 5) is 23.2. The molecule has 0 aliphatic heterocycles. The van der Waals surface area contributed by atoms with Gasteiger partial charge in [-0.1, -0.05) is 12.8 Å². The van der Waals surface area contributed by atoms with Gasteiger partial charge in [0.1, 0.15) is 5.69 Å². The molecule has 1 aromatic rings. The highest BCUT2D eigenvalue weighted by atomic mass is 19.4. The van der Waals surface area contributed by atoms with Gasteiger partial charge in [0.05, 0.1) is 5.92 Å². The number of carbonyl (C=O) groups excluding carboxylic acids is 1. The Morgan fingerprint density at radius 1 is 1.33 bits per heavy atom. The number of alkyl halides is 3. The van der Waals surface area contributed by atoms with E-state index in [0.717, 1.165) is 10.7 Å². The van der Waals surface area contributed by atoms with E-state index in [-0.39, 0.29) is 12.1 Å². The molecule has 0 bridgehead atoms. The normalized spacial score (nSPS) is 22.9. The summed E-state index contributed by atoms with van der Waals surface area (Å²) in [7, 11) is 1.37. The van der Waals surface area contributed by atoms with E-state index in [1.54, 1.807) is 0 Å². The fourth-order valence-electron chi connectivity index (χ4n) is 2.56. The Morgan fingerprint density at radius 2 is 2.00 bits per heavy atom. The second-order valence-corrected chi connectivity index (χ2v) is 5.19. The molecular formula is C13H16F3N3O2. The van der Waals surface area contributed by atoms with Crippen LogP contribution in [0.1, 0.15) is 36.2 Å². The van der Waals surface area contributed by atoms with Gasteiger partial charge >= 0.3 is 6.18 Å². The van der Waals surface area contributed by atoms with Crippen molar-refractivity contribution in [2.45, 2.75) is 37.9 Å². The number of nitrogens with zero attached hydrogens (tertiary/aromatic N) is 2. The summed E-state index contributed by atoms with van der Waals surface area (Å²) in [6.07, 6.45) is -2.85. The van der Waals surface area contributed by atoms with Crippen LogP contribution in [-0.2, 0) is 7.05 Å². The second-order valence-electron chi connectivity index (χ2n) is 5.19. The molecule has 1 N–H and O–H groups in total. The number of aryl methyl sites for hydroxylation is 1. The van der Waals surface area contributed by atoms with E-state index >= 15 is 0 Å². The van der Waals surface area contributed by atoms with Gasteiger partial charge < -0.3 is 5.32 Å². The highest BCUT2D eigenvalue weighted by molar-refractivity contribution is 5.92. The number of amides is 1. The van der Waals surface area contributed by atoms with Gasteiger partial charge in [-0.2, -0.15) is 18.3 Å². The highest BCUT2D eigenvalue weighted by Gasteiger charge is 2.46. The number of rotatable bonds is 2. The van der Waals surface area contributed by atoms with Crippen LogP contribution in [0.4, 0.5) is 13.2 Å². The third-order valence-electron chi connectivity index (χ3n) is 3.70. The SMILES string of the molecule is Cn1nc(C(=O)NC2CCCCC2C(F)(F)F)ccc1=O. The molecule has 1 saturated carbocycles. The fraction of sp³-hybridized carbons (Fsp3) is 0.615. The smallest absolute Gasteiger partial charge is 0.347 e. The van der Waals surface area contributed by atoms with E-state index in [1.807, 2.05) is 0 Å². The van der Waals surface area contributed by atoms with Gasteiger partial charge in [0, 0.05) is 19.2 Å². The number of hydrogen-bond acceptors (Lipinski definition) is 3. The van der Waals surface area contributed by atoms with Crippen LogP contribution in [0.15, 0.2) is 16.9 Å². The van der Waals surface area contributed by atoms with Crippen molar-refractivity contribution in [1.82, 2.24) is 15.1 Å². The topological polar surface area (TPSA) is 64.0 Å². The lowest BCUT2D eigenvalue weighted by atomic mass is 9.84. The molecule has 1 heterocycles. The van der Waals surface area contributed by atoms with Crippen LogP contribution in [0, 0.1) is 5.92 Å². The summed E-state index contributed by atoms with van der Waals surface area (Å²) < 4.78 is 39.8. The predicted molar refractivity (Wildman–Crippen MR) is 68.7 cm³/mol. The summed E-state index contributed by atoms with van der Waals surface area (Å²) in [5, 5.41) is 6.14. The van der Waals surface area contributed by atoms with E-state index in [2.05, 4.69) is 10.4 Å². The molecule has 0 radical (unpaired) electrons. The van der Waals surface area contributed by atoms with E-state index in [0.29, 0.717) is 19.3 Å². The first-order valence-corrected chi connectivity index (χ1v) is 6.71. The molecule has 2 atom stereocenters. The standard InChI is InChI=1S/C13H16F3N3O2/c1-19-11(20)7-6-10(18-19)12(21)17-9-5-3-2-4-8(9)13(14,15)16/h6-9H,2-5H2,1H3,(H,17,21). The number of nitrogens with one attached hydrogen (secondary N) is 1. The second kappa shape index (κ2) is 5.87. The van der Waals surface area contributed by atoms with Crippen molar-refractivity contribution in [3.05, 3.63) is 28.2 Å². The summed E-state index contributed by atoms with van der Waals surface area (Å²) in [5.74, 6) is -2.21. The number of aromatic nitrogens is 2. The van der Waals surface area contributed by atoms with Crippen LogP contribution in [0.2, 0.25) is 0 Å². The van der Waals surface area contributed by atoms with Gasteiger partial charge in [-0.05, 0) is 18.9 Å². The molecule has 1 aliphatic rings. The van der Waals surface area contributed by atoms with Gasteiger partial charge in [0.2, 0.25) is 0 Å². The first-order chi connectivity index (χ1) is 9.79. The van der Waals surface area contributed by atoms with Gasteiger partial charge in [0.15, 0.2) is 0 Å². The Morgan fingerprint density at radius 3 is 2.62 bits per heavy atom. The van der Waals surface area contributed by atoms with E-state index in [4.69, 9.17) is 0 Å². The highest BCUT2D eigenvalue weighted by Crippen LogP contribution is 2.37. The predicted octanol–water partition coefficient (Wildman–Crippen LogP) is 1.63. The molecule has 0 spiro atoms. The quantitative estimate of drug-likeness (QED) is 0.903. The van der Waals surface area contributed by atoms with Gasteiger partial charge in [-0.15, -0.1) is 0 Å². The van der Waals surface area contributed by atoms with Crippen molar-refractivity contribution in [2.24, 2.45) is 13.0 Å². The average molecular weight is 303 g/mol. The summed E-state index contributed by atoms with van der Waals surface area (Å²) in [5.41, 5.74) is -0.457. The molecule has 1 aliphatic carbocycles. The minimum atomic E-state index is -4.32. The van der Waals surface area contributed by atoms with Crippen LogP contribution in [-0.4, -0.2) is 27.9 Å². The lowest BCUT2D eigenvalue weighted by Crippen LogP contribution is -2.48. The van der Waals surface area contributed by atoms with Crippen molar-refractivity contribution < 1.29 is 18.0 Å². The number of carbonyl (C=O) groups is 1. The largest absolute Gasteiger partial charge is 0.393 e. The molecule has 1 fully saturated rings. The zero-order chi connectivity index (χ0) is 15.6. The maximum Gasteiger partial charge on any atom is 0.393 e. The third-order valence-corrected chi connectivity index (χ3v) is 3.70.